The van der Waals surface area contributed by atoms with Gasteiger partial charge < -0.3 is 10.1 Å². The van der Waals surface area contributed by atoms with Gasteiger partial charge in [-0.25, -0.2) is 0 Å². The van der Waals surface area contributed by atoms with Crippen LogP contribution in [0.15, 0.2) is 35.7 Å². The topological polar surface area (TPSA) is 93.5 Å². The Morgan fingerprint density at radius 2 is 2.18 bits per heavy atom. The maximum atomic E-state index is 11.9. The van der Waals surface area contributed by atoms with Crippen LogP contribution in [0.1, 0.15) is 9.67 Å². The SMILES string of the molecule is COc1cc([N+](=O)[O-])ccc1NC(=S)NC(=O)c1cccs1. The molecule has 0 bridgehead atoms. The van der Waals surface area contributed by atoms with Crippen molar-refractivity contribution in [2.24, 2.45) is 0 Å². The molecule has 0 unspecified atom stereocenters. The fraction of sp³-hybridized carbons (Fsp3) is 0.0769. The first-order valence-electron chi connectivity index (χ1n) is 5.99. The summed E-state index contributed by atoms with van der Waals surface area (Å²) in [5.41, 5.74) is 0.320. The number of nitro groups is 1. The van der Waals surface area contributed by atoms with E-state index in [0.717, 1.165) is 0 Å². The Balaban J connectivity index is 2.08. The quantitative estimate of drug-likeness (QED) is 0.506. The highest BCUT2D eigenvalue weighted by atomic mass is 32.1. The molecular formula is C13H11N3O4S2. The maximum Gasteiger partial charge on any atom is 0.273 e. The summed E-state index contributed by atoms with van der Waals surface area (Å²) in [6.07, 6.45) is 0. The van der Waals surface area contributed by atoms with Crippen LogP contribution >= 0.6 is 23.6 Å². The first-order valence-corrected chi connectivity index (χ1v) is 7.28. The standard InChI is InChI=1S/C13H11N3O4S2/c1-20-10-7-8(16(18)19)4-5-9(10)14-13(21)15-12(17)11-3-2-6-22-11/h2-7H,1H3,(H2,14,15,17,21). The molecule has 0 saturated carbocycles. The van der Waals surface area contributed by atoms with E-state index in [4.69, 9.17) is 17.0 Å². The predicted molar refractivity (Wildman–Crippen MR) is 87.7 cm³/mol. The highest BCUT2D eigenvalue weighted by Crippen LogP contribution is 2.28. The second-order valence-corrected chi connectivity index (χ2v) is 5.38. The number of ether oxygens (including phenoxy) is 1. The molecule has 114 valence electrons. The number of anilines is 1. The Morgan fingerprint density at radius 1 is 1.41 bits per heavy atom. The van der Waals surface area contributed by atoms with Gasteiger partial charge >= 0.3 is 0 Å². The smallest absolute Gasteiger partial charge is 0.273 e. The lowest BCUT2D eigenvalue weighted by molar-refractivity contribution is -0.384. The van der Waals surface area contributed by atoms with Crippen LogP contribution in [0.25, 0.3) is 0 Å². The summed E-state index contributed by atoms with van der Waals surface area (Å²) in [4.78, 5) is 22.6. The average Bonchev–Trinajstić information content (AvgIpc) is 3.01. The van der Waals surface area contributed by atoms with E-state index < -0.39 is 4.92 Å². The van der Waals surface area contributed by atoms with E-state index in [0.29, 0.717) is 10.6 Å². The molecule has 9 heteroatoms. The van der Waals surface area contributed by atoms with E-state index >= 15 is 0 Å². The van der Waals surface area contributed by atoms with E-state index in [1.54, 1.807) is 17.5 Å². The van der Waals surface area contributed by atoms with Crippen molar-refractivity contribution in [3.05, 3.63) is 50.7 Å². The van der Waals surface area contributed by atoms with Crippen LogP contribution in [-0.4, -0.2) is 23.1 Å². The highest BCUT2D eigenvalue weighted by Gasteiger charge is 2.14. The zero-order chi connectivity index (χ0) is 16.1. The van der Waals surface area contributed by atoms with E-state index in [-0.39, 0.29) is 22.5 Å². The molecule has 0 aliphatic carbocycles. The number of thiocarbonyl (C=S) groups is 1. The Morgan fingerprint density at radius 3 is 2.77 bits per heavy atom. The molecule has 7 nitrogen and oxygen atoms in total. The van der Waals surface area contributed by atoms with Gasteiger partial charge in [-0.1, -0.05) is 6.07 Å². The minimum atomic E-state index is -0.525. The van der Waals surface area contributed by atoms with E-state index in [9.17, 15) is 14.9 Å². The van der Waals surface area contributed by atoms with Gasteiger partial charge in [-0.05, 0) is 29.7 Å². The summed E-state index contributed by atoms with van der Waals surface area (Å²) in [6.45, 7) is 0. The Hall–Kier alpha value is -2.52. The number of non-ortho nitro benzene ring substituents is 1. The summed E-state index contributed by atoms with van der Waals surface area (Å²) in [5, 5.41) is 17.9. The summed E-state index contributed by atoms with van der Waals surface area (Å²) in [7, 11) is 1.39. The molecule has 1 aromatic heterocycles. The van der Waals surface area contributed by atoms with Crippen molar-refractivity contribution in [1.29, 1.82) is 0 Å². The van der Waals surface area contributed by atoms with Crippen LogP contribution in [0.5, 0.6) is 5.75 Å². The van der Waals surface area contributed by atoms with Crippen LogP contribution < -0.4 is 15.4 Å². The van der Waals surface area contributed by atoms with Gasteiger partial charge in [0.25, 0.3) is 11.6 Å². The van der Waals surface area contributed by atoms with Crippen molar-refractivity contribution in [3.63, 3.8) is 0 Å². The van der Waals surface area contributed by atoms with Gasteiger partial charge in [-0.2, -0.15) is 0 Å². The lowest BCUT2D eigenvalue weighted by Crippen LogP contribution is -2.33. The molecule has 0 spiro atoms. The van der Waals surface area contributed by atoms with Crippen LogP contribution in [0.4, 0.5) is 11.4 Å². The van der Waals surface area contributed by atoms with Gasteiger partial charge in [-0.15, -0.1) is 11.3 Å². The molecule has 1 amide bonds. The zero-order valence-electron chi connectivity index (χ0n) is 11.4. The Kier molecular flexibility index (Phi) is 5.02. The molecule has 2 aromatic rings. The lowest BCUT2D eigenvalue weighted by atomic mass is 10.2. The minimum absolute atomic E-state index is 0.0746. The number of thiophene rings is 1. The molecule has 0 aliphatic rings. The fourth-order valence-electron chi connectivity index (χ4n) is 1.62. The number of benzene rings is 1. The highest BCUT2D eigenvalue weighted by molar-refractivity contribution is 7.80. The molecule has 1 aromatic carbocycles. The molecule has 0 radical (unpaired) electrons. The average molecular weight is 337 g/mol. The van der Waals surface area contributed by atoms with Gasteiger partial charge in [0.1, 0.15) is 5.75 Å². The third-order valence-electron chi connectivity index (χ3n) is 2.62. The number of methoxy groups -OCH3 is 1. The summed E-state index contributed by atoms with van der Waals surface area (Å²) >= 11 is 6.34. The third kappa shape index (κ3) is 3.77. The third-order valence-corrected chi connectivity index (χ3v) is 3.69. The number of carbonyl (C=O) groups is 1. The van der Waals surface area contributed by atoms with Crippen molar-refractivity contribution in [3.8, 4) is 5.75 Å². The van der Waals surface area contributed by atoms with Crippen molar-refractivity contribution >= 4 is 45.9 Å². The number of nitro benzene ring substituents is 1. The van der Waals surface area contributed by atoms with Gasteiger partial charge in [0.15, 0.2) is 5.11 Å². The molecule has 2 N–H and O–H groups in total. The van der Waals surface area contributed by atoms with Crippen LogP contribution in [0.3, 0.4) is 0 Å². The number of rotatable bonds is 4. The number of amides is 1. The minimum Gasteiger partial charge on any atom is -0.494 e. The van der Waals surface area contributed by atoms with Crippen molar-refractivity contribution < 1.29 is 14.5 Å². The van der Waals surface area contributed by atoms with Gasteiger partial charge in [-0.3, -0.25) is 20.2 Å². The van der Waals surface area contributed by atoms with Gasteiger partial charge in [0.2, 0.25) is 0 Å². The summed E-state index contributed by atoms with van der Waals surface area (Å²) in [5.74, 6) is -0.0738. The number of nitrogens with one attached hydrogen (secondary N) is 2. The fourth-order valence-corrected chi connectivity index (χ4v) is 2.44. The van der Waals surface area contributed by atoms with E-state index in [1.807, 2.05) is 0 Å². The predicted octanol–water partition coefficient (Wildman–Crippen LogP) is 2.79. The van der Waals surface area contributed by atoms with Crippen molar-refractivity contribution in [2.45, 2.75) is 0 Å². The van der Waals surface area contributed by atoms with Crippen molar-refractivity contribution in [1.82, 2.24) is 5.32 Å². The number of nitrogens with zero attached hydrogens (tertiary/aromatic N) is 1. The largest absolute Gasteiger partial charge is 0.494 e. The molecule has 0 atom stereocenters. The first-order chi connectivity index (χ1) is 10.5. The van der Waals surface area contributed by atoms with Crippen LogP contribution in [-0.2, 0) is 0 Å². The Labute approximate surface area is 135 Å². The molecule has 1 heterocycles. The molecular weight excluding hydrogens is 326 g/mol. The molecule has 0 fully saturated rings. The summed E-state index contributed by atoms with van der Waals surface area (Å²) < 4.78 is 5.08. The second-order valence-electron chi connectivity index (χ2n) is 4.03. The lowest BCUT2D eigenvalue weighted by Gasteiger charge is -2.12. The van der Waals surface area contributed by atoms with E-state index in [2.05, 4.69) is 10.6 Å². The van der Waals surface area contributed by atoms with Crippen LogP contribution in [0, 0.1) is 10.1 Å². The first kappa shape index (κ1) is 15.9. The van der Waals surface area contributed by atoms with Crippen molar-refractivity contribution in [2.75, 3.05) is 12.4 Å². The normalized spacial score (nSPS) is 9.86. The van der Waals surface area contributed by atoms with E-state index in [1.165, 1.54) is 36.6 Å². The van der Waals surface area contributed by atoms with Gasteiger partial charge in [0.05, 0.1) is 28.7 Å². The number of hydrogen-bond donors (Lipinski definition) is 2. The number of carbonyl (C=O) groups excluding carboxylic acids is 1. The zero-order valence-corrected chi connectivity index (χ0v) is 13.0. The van der Waals surface area contributed by atoms with Crippen LogP contribution in [0.2, 0.25) is 0 Å². The summed E-state index contributed by atoms with van der Waals surface area (Å²) in [6, 6.07) is 7.48. The molecule has 0 aliphatic heterocycles. The van der Waals surface area contributed by atoms with Gasteiger partial charge in [0, 0.05) is 6.07 Å². The molecule has 0 saturated heterocycles. The second kappa shape index (κ2) is 6.96. The Bertz CT molecular complexity index is 716. The molecule has 2 rings (SSSR count). The molecule has 22 heavy (non-hydrogen) atoms. The monoisotopic (exact) mass is 337 g/mol. The number of hydrogen-bond acceptors (Lipinski definition) is 6. The maximum absolute atomic E-state index is 11.9.